The Bertz CT molecular complexity index is 424. The van der Waals surface area contributed by atoms with E-state index in [0.717, 1.165) is 12.0 Å². The molecule has 0 bridgehead atoms. The second-order valence-corrected chi connectivity index (χ2v) is 5.53. The van der Waals surface area contributed by atoms with Gasteiger partial charge in [0.25, 0.3) is 0 Å². The minimum absolute atomic E-state index is 0.201. The summed E-state index contributed by atoms with van der Waals surface area (Å²) in [5.41, 5.74) is 0.212. The van der Waals surface area contributed by atoms with Crippen molar-refractivity contribution in [3.63, 3.8) is 0 Å². The van der Waals surface area contributed by atoms with Gasteiger partial charge in [-0.15, -0.1) is 0 Å². The van der Waals surface area contributed by atoms with Gasteiger partial charge in [0.1, 0.15) is 11.4 Å². The lowest BCUT2D eigenvalue weighted by atomic mass is 10.2. The second kappa shape index (κ2) is 6.45. The van der Waals surface area contributed by atoms with Crippen LogP contribution in [0.2, 0.25) is 0 Å². The number of hydrogen-bond acceptors (Lipinski definition) is 3. The van der Waals surface area contributed by atoms with Crippen molar-refractivity contribution in [2.75, 3.05) is 6.54 Å². The van der Waals surface area contributed by atoms with Crippen LogP contribution in [-0.4, -0.2) is 28.2 Å². The predicted octanol–water partition coefficient (Wildman–Crippen LogP) is 3.54. The summed E-state index contributed by atoms with van der Waals surface area (Å²) < 4.78 is 5.37. The van der Waals surface area contributed by atoms with E-state index in [0.29, 0.717) is 13.1 Å². The summed E-state index contributed by atoms with van der Waals surface area (Å²) in [6.45, 7) is 8.49. The molecule has 1 aromatic rings. The number of carbonyl (C=O) groups is 1. The van der Waals surface area contributed by atoms with E-state index in [-0.39, 0.29) is 11.8 Å². The van der Waals surface area contributed by atoms with Gasteiger partial charge in [-0.25, -0.2) is 4.79 Å². The number of para-hydroxylation sites is 1. The molecule has 1 rings (SSSR count). The number of aromatic hydroxyl groups is 1. The minimum atomic E-state index is -0.512. The number of hydrogen-bond donors (Lipinski definition) is 1. The standard InChI is InChI=1S/C15H23NO3/c1-5-10-16(14(18)19-15(2,3)4)11-12-8-6-7-9-13(12)17/h6-9,17H,5,10-11H2,1-4H3. The average molecular weight is 265 g/mol. The number of nitrogens with zero attached hydrogens (tertiary/aromatic N) is 1. The number of phenolic OH excluding ortho intramolecular Hbond substituents is 1. The molecule has 4 heteroatoms. The third kappa shape index (κ3) is 5.20. The highest BCUT2D eigenvalue weighted by Crippen LogP contribution is 2.19. The summed E-state index contributed by atoms with van der Waals surface area (Å²) in [6.07, 6.45) is 0.491. The molecule has 1 N–H and O–H groups in total. The van der Waals surface area contributed by atoms with Gasteiger partial charge in [-0.3, -0.25) is 0 Å². The maximum Gasteiger partial charge on any atom is 0.410 e. The van der Waals surface area contributed by atoms with Gasteiger partial charge in [0.05, 0.1) is 6.54 Å². The quantitative estimate of drug-likeness (QED) is 0.905. The van der Waals surface area contributed by atoms with Crippen LogP contribution < -0.4 is 0 Å². The molecule has 0 aromatic heterocycles. The normalized spacial score (nSPS) is 11.2. The zero-order chi connectivity index (χ0) is 14.5. The first-order chi connectivity index (χ1) is 8.83. The maximum absolute atomic E-state index is 12.1. The van der Waals surface area contributed by atoms with Crippen LogP contribution in [0, 0.1) is 0 Å². The second-order valence-electron chi connectivity index (χ2n) is 5.53. The van der Waals surface area contributed by atoms with Crippen LogP contribution in [0.1, 0.15) is 39.7 Å². The molecule has 0 aliphatic rings. The Labute approximate surface area is 115 Å². The first kappa shape index (κ1) is 15.3. The lowest BCUT2D eigenvalue weighted by Crippen LogP contribution is -2.36. The summed E-state index contributed by atoms with van der Waals surface area (Å²) in [5, 5.41) is 9.76. The maximum atomic E-state index is 12.1. The molecule has 0 radical (unpaired) electrons. The molecule has 1 amide bonds. The molecule has 0 spiro atoms. The van der Waals surface area contributed by atoms with Crippen LogP contribution in [0.5, 0.6) is 5.75 Å². The molecular weight excluding hydrogens is 242 g/mol. The summed E-state index contributed by atoms with van der Waals surface area (Å²) in [6, 6.07) is 7.03. The van der Waals surface area contributed by atoms with E-state index in [4.69, 9.17) is 4.74 Å². The van der Waals surface area contributed by atoms with E-state index in [1.54, 1.807) is 17.0 Å². The molecule has 0 aliphatic carbocycles. The van der Waals surface area contributed by atoms with Gasteiger partial charge in [0.2, 0.25) is 0 Å². The van der Waals surface area contributed by atoms with Crippen LogP contribution >= 0.6 is 0 Å². The van der Waals surface area contributed by atoms with Crippen molar-refractivity contribution in [3.05, 3.63) is 29.8 Å². The predicted molar refractivity (Wildman–Crippen MR) is 75.0 cm³/mol. The van der Waals surface area contributed by atoms with Crippen molar-refractivity contribution in [2.45, 2.75) is 46.3 Å². The fraction of sp³-hybridized carbons (Fsp3) is 0.533. The van der Waals surface area contributed by atoms with Crippen molar-refractivity contribution in [2.24, 2.45) is 0 Å². The van der Waals surface area contributed by atoms with Crippen LogP contribution in [0.15, 0.2) is 24.3 Å². The SMILES string of the molecule is CCCN(Cc1ccccc1O)C(=O)OC(C)(C)C. The number of phenols is 1. The van der Waals surface area contributed by atoms with E-state index < -0.39 is 5.60 Å². The smallest absolute Gasteiger partial charge is 0.410 e. The van der Waals surface area contributed by atoms with E-state index in [1.165, 1.54) is 0 Å². The molecule has 0 atom stereocenters. The number of rotatable bonds is 4. The highest BCUT2D eigenvalue weighted by molar-refractivity contribution is 5.68. The van der Waals surface area contributed by atoms with Crippen molar-refractivity contribution < 1.29 is 14.6 Å². The molecular formula is C15H23NO3. The van der Waals surface area contributed by atoms with Gasteiger partial charge in [-0.1, -0.05) is 25.1 Å². The van der Waals surface area contributed by atoms with Crippen LogP contribution in [0.4, 0.5) is 4.79 Å². The molecule has 0 fully saturated rings. The average Bonchev–Trinajstić information content (AvgIpc) is 2.29. The van der Waals surface area contributed by atoms with Gasteiger partial charge in [0.15, 0.2) is 0 Å². The van der Waals surface area contributed by atoms with E-state index in [2.05, 4.69) is 0 Å². The Hall–Kier alpha value is -1.71. The summed E-state index contributed by atoms with van der Waals surface area (Å²) >= 11 is 0. The van der Waals surface area contributed by atoms with E-state index >= 15 is 0 Å². The zero-order valence-electron chi connectivity index (χ0n) is 12.1. The van der Waals surface area contributed by atoms with Gasteiger partial charge in [0, 0.05) is 12.1 Å². The van der Waals surface area contributed by atoms with Crippen molar-refractivity contribution in [1.29, 1.82) is 0 Å². The zero-order valence-corrected chi connectivity index (χ0v) is 12.1. The molecule has 106 valence electrons. The van der Waals surface area contributed by atoms with Gasteiger partial charge < -0.3 is 14.7 Å². The van der Waals surface area contributed by atoms with E-state index in [1.807, 2.05) is 39.8 Å². The molecule has 4 nitrogen and oxygen atoms in total. The summed E-state index contributed by atoms with van der Waals surface area (Å²) in [5.74, 6) is 0.201. The van der Waals surface area contributed by atoms with Crippen LogP contribution in [0.25, 0.3) is 0 Å². The summed E-state index contributed by atoms with van der Waals surface area (Å²) in [7, 11) is 0. The molecule has 0 saturated heterocycles. The van der Waals surface area contributed by atoms with Crippen molar-refractivity contribution in [3.8, 4) is 5.75 Å². The molecule has 0 heterocycles. The number of amides is 1. The summed E-state index contributed by atoms with van der Waals surface area (Å²) in [4.78, 5) is 13.7. The topological polar surface area (TPSA) is 49.8 Å². The largest absolute Gasteiger partial charge is 0.508 e. The number of carbonyl (C=O) groups excluding carboxylic acids is 1. The third-order valence-electron chi connectivity index (χ3n) is 2.50. The van der Waals surface area contributed by atoms with Gasteiger partial charge in [-0.05, 0) is 33.3 Å². The van der Waals surface area contributed by atoms with Crippen LogP contribution in [0.3, 0.4) is 0 Å². The Kier molecular flexibility index (Phi) is 5.21. The molecule has 19 heavy (non-hydrogen) atoms. The first-order valence-electron chi connectivity index (χ1n) is 6.58. The van der Waals surface area contributed by atoms with E-state index in [9.17, 15) is 9.90 Å². The monoisotopic (exact) mass is 265 g/mol. The fourth-order valence-corrected chi connectivity index (χ4v) is 1.68. The minimum Gasteiger partial charge on any atom is -0.508 e. The van der Waals surface area contributed by atoms with Crippen molar-refractivity contribution in [1.82, 2.24) is 4.90 Å². The van der Waals surface area contributed by atoms with Crippen LogP contribution in [-0.2, 0) is 11.3 Å². The first-order valence-corrected chi connectivity index (χ1v) is 6.58. The van der Waals surface area contributed by atoms with Crippen molar-refractivity contribution >= 4 is 6.09 Å². The number of ether oxygens (including phenoxy) is 1. The molecule has 0 aliphatic heterocycles. The highest BCUT2D eigenvalue weighted by atomic mass is 16.6. The lowest BCUT2D eigenvalue weighted by molar-refractivity contribution is 0.0233. The molecule has 0 unspecified atom stereocenters. The molecule has 0 saturated carbocycles. The fourth-order valence-electron chi connectivity index (χ4n) is 1.68. The Morgan fingerprint density at radius 3 is 2.47 bits per heavy atom. The third-order valence-corrected chi connectivity index (χ3v) is 2.50. The number of benzene rings is 1. The Morgan fingerprint density at radius 2 is 1.95 bits per heavy atom. The Morgan fingerprint density at radius 1 is 1.32 bits per heavy atom. The van der Waals surface area contributed by atoms with Gasteiger partial charge >= 0.3 is 6.09 Å². The van der Waals surface area contributed by atoms with Gasteiger partial charge in [-0.2, -0.15) is 0 Å². The lowest BCUT2D eigenvalue weighted by Gasteiger charge is -2.27. The highest BCUT2D eigenvalue weighted by Gasteiger charge is 2.22. The molecule has 1 aromatic carbocycles. The Balaban J connectivity index is 2.78.